The van der Waals surface area contributed by atoms with E-state index >= 15 is 0 Å². The maximum Gasteiger partial charge on any atom is 0.573 e. The van der Waals surface area contributed by atoms with Gasteiger partial charge in [-0.3, -0.25) is 4.98 Å². The molecule has 8 nitrogen and oxygen atoms in total. The zero-order chi connectivity index (χ0) is 29.6. The van der Waals surface area contributed by atoms with Crippen molar-refractivity contribution in [2.75, 3.05) is 6.61 Å². The number of nitrogens with zero attached hydrogens (tertiary/aromatic N) is 2. The number of rotatable bonds is 7. The van der Waals surface area contributed by atoms with Crippen LogP contribution in [0.1, 0.15) is 28.4 Å². The van der Waals surface area contributed by atoms with Gasteiger partial charge in [-0.1, -0.05) is 18.2 Å². The van der Waals surface area contributed by atoms with Crippen molar-refractivity contribution in [2.24, 2.45) is 0 Å². The van der Waals surface area contributed by atoms with Crippen LogP contribution >= 0.6 is 0 Å². The lowest BCUT2D eigenvalue weighted by Gasteiger charge is -2.22. The Kier molecular flexibility index (Phi) is 6.82. The van der Waals surface area contributed by atoms with Crippen LogP contribution in [-0.2, 0) is 17.8 Å². The van der Waals surface area contributed by atoms with Crippen molar-refractivity contribution < 1.29 is 42.4 Å². The summed E-state index contributed by atoms with van der Waals surface area (Å²) in [4.78, 5) is 21.2. The van der Waals surface area contributed by atoms with Crippen LogP contribution in [0.15, 0.2) is 66.9 Å². The van der Waals surface area contributed by atoms with Gasteiger partial charge < -0.3 is 24.4 Å². The molecule has 3 heterocycles. The molecule has 3 aromatic carbocycles. The molecule has 0 fully saturated rings. The van der Waals surface area contributed by atoms with E-state index < -0.39 is 18.4 Å². The van der Waals surface area contributed by atoms with E-state index in [2.05, 4.69) is 14.7 Å². The molecule has 0 radical (unpaired) electrons. The van der Waals surface area contributed by atoms with Crippen molar-refractivity contribution in [2.45, 2.75) is 32.4 Å². The molecule has 42 heavy (non-hydrogen) atoms. The number of aliphatic carboxylic acids is 1. The summed E-state index contributed by atoms with van der Waals surface area (Å²) in [5.41, 5.74) is 3.95. The molecule has 1 aliphatic heterocycles. The molecular formula is C31H23F3N2O6. The molecule has 0 saturated carbocycles. The summed E-state index contributed by atoms with van der Waals surface area (Å²) in [5, 5.41) is 21.9. The normalized spacial score (nSPS) is 13.5. The third-order valence-electron chi connectivity index (χ3n) is 7.14. The minimum absolute atomic E-state index is 0.129. The first-order valence-corrected chi connectivity index (χ1v) is 13.0. The summed E-state index contributed by atoms with van der Waals surface area (Å²) < 4.78 is 54.2. The maximum atomic E-state index is 12.8. The number of carboxylic acids is 1. The zero-order valence-electron chi connectivity index (χ0n) is 22.1. The smallest absolute Gasteiger partial charge is 0.493 e. The van der Waals surface area contributed by atoms with Gasteiger partial charge in [-0.25, -0.2) is 9.78 Å². The quantitative estimate of drug-likeness (QED) is 0.233. The number of hydrogen-bond donors (Lipinski definition) is 2. The van der Waals surface area contributed by atoms with Crippen molar-refractivity contribution in [3.63, 3.8) is 0 Å². The summed E-state index contributed by atoms with van der Waals surface area (Å²) in [7, 11) is 0. The van der Waals surface area contributed by atoms with Gasteiger partial charge in [0.2, 0.25) is 5.88 Å². The van der Waals surface area contributed by atoms with Crippen LogP contribution in [0.3, 0.4) is 0 Å². The minimum Gasteiger partial charge on any atom is -0.493 e. The van der Waals surface area contributed by atoms with Crippen LogP contribution in [0, 0.1) is 6.92 Å². The lowest BCUT2D eigenvalue weighted by atomic mass is 9.87. The van der Waals surface area contributed by atoms with E-state index in [1.807, 2.05) is 6.07 Å². The molecule has 214 valence electrons. The predicted molar refractivity (Wildman–Crippen MR) is 146 cm³/mol. The number of aliphatic hydroxyl groups excluding tert-OH is 1. The Labute approximate surface area is 236 Å². The van der Waals surface area contributed by atoms with E-state index in [0.29, 0.717) is 51.9 Å². The summed E-state index contributed by atoms with van der Waals surface area (Å²) >= 11 is 0. The Bertz CT molecular complexity index is 1850. The fourth-order valence-corrected chi connectivity index (χ4v) is 5.35. The molecule has 5 aromatic rings. The van der Waals surface area contributed by atoms with Gasteiger partial charge in [0.1, 0.15) is 18.1 Å². The van der Waals surface area contributed by atoms with Gasteiger partial charge in [-0.15, -0.1) is 13.2 Å². The second kappa shape index (κ2) is 10.5. The number of carbonyl (C=O) groups is 1. The molecule has 1 aliphatic rings. The largest absolute Gasteiger partial charge is 0.573 e. The minimum atomic E-state index is -4.85. The highest BCUT2D eigenvalue weighted by Gasteiger charge is 2.32. The zero-order valence-corrected chi connectivity index (χ0v) is 22.1. The van der Waals surface area contributed by atoms with Gasteiger partial charge in [0, 0.05) is 46.1 Å². The van der Waals surface area contributed by atoms with Gasteiger partial charge in [0.25, 0.3) is 0 Å². The summed E-state index contributed by atoms with van der Waals surface area (Å²) in [6, 6.07) is 16.0. The number of alkyl halides is 3. The molecule has 0 aliphatic carbocycles. The highest BCUT2D eigenvalue weighted by atomic mass is 19.4. The Hall–Kier alpha value is -4.90. The number of ether oxygens (including phenoxy) is 3. The fourth-order valence-electron chi connectivity index (χ4n) is 5.35. The molecule has 2 N–H and O–H groups in total. The monoisotopic (exact) mass is 576 g/mol. The maximum absolute atomic E-state index is 12.8. The number of pyridine rings is 2. The number of carboxylic acid groups (broad SMARTS) is 1. The first-order valence-electron chi connectivity index (χ1n) is 13.0. The number of hydrogen-bond acceptors (Lipinski definition) is 7. The van der Waals surface area contributed by atoms with Crippen LogP contribution < -0.4 is 14.2 Å². The SMILES string of the molecule is Cc1cc2nc(OCc3ccccc3OC(F)(F)F)ccc2c(-c2ccc3c4c(ccnc24)CCO3)c1C(O)C(=O)O. The number of aliphatic hydroxyl groups is 1. The van der Waals surface area contributed by atoms with Crippen LogP contribution in [0.5, 0.6) is 17.4 Å². The fraction of sp³-hybridized carbons (Fsp3) is 0.194. The van der Waals surface area contributed by atoms with Crippen molar-refractivity contribution in [3.8, 4) is 28.5 Å². The van der Waals surface area contributed by atoms with Gasteiger partial charge in [0.05, 0.1) is 17.6 Å². The Balaban J connectivity index is 1.47. The number of halogens is 3. The highest BCUT2D eigenvalue weighted by Crippen LogP contribution is 2.44. The predicted octanol–water partition coefficient (Wildman–Crippen LogP) is 6.29. The Morgan fingerprint density at radius 3 is 2.71 bits per heavy atom. The lowest BCUT2D eigenvalue weighted by molar-refractivity contribution is -0.275. The van der Waals surface area contributed by atoms with Crippen LogP contribution in [0.25, 0.3) is 32.9 Å². The van der Waals surface area contributed by atoms with E-state index in [1.54, 1.807) is 43.5 Å². The number of aromatic nitrogens is 2. The van der Waals surface area contributed by atoms with Crippen LogP contribution in [0.2, 0.25) is 0 Å². The van der Waals surface area contributed by atoms with Gasteiger partial charge in [-0.05, 0) is 60.0 Å². The van der Waals surface area contributed by atoms with Crippen molar-refractivity contribution in [1.29, 1.82) is 0 Å². The molecule has 0 saturated heterocycles. The molecule has 11 heteroatoms. The van der Waals surface area contributed by atoms with Crippen molar-refractivity contribution in [3.05, 3.63) is 89.1 Å². The van der Waals surface area contributed by atoms with Crippen LogP contribution in [-0.4, -0.2) is 39.1 Å². The number of benzene rings is 3. The van der Waals surface area contributed by atoms with E-state index in [9.17, 15) is 28.2 Å². The molecular weight excluding hydrogens is 553 g/mol. The summed E-state index contributed by atoms with van der Waals surface area (Å²) in [5.74, 6) is -0.991. The second-order valence-corrected chi connectivity index (χ2v) is 9.79. The average molecular weight is 577 g/mol. The third-order valence-corrected chi connectivity index (χ3v) is 7.14. The standard InChI is InChI=1S/C31H23F3N2O6/c1-16-14-21-19(7-9-24(36-21)41-15-18-4-2-3-5-22(18)42-31(32,33)34)27(25(16)29(37)30(38)39)20-6-8-23-26-17(11-13-40-23)10-12-35-28(20)26/h2-10,12,14,29,37H,11,13,15H2,1H3,(H,38,39). The molecule has 1 atom stereocenters. The van der Waals surface area contributed by atoms with Crippen molar-refractivity contribution >= 4 is 27.8 Å². The number of fused-ring (bicyclic) bond motifs is 1. The number of para-hydroxylation sites is 1. The third kappa shape index (κ3) is 5.03. The topological polar surface area (TPSA) is 111 Å². The first kappa shape index (κ1) is 27.3. The van der Waals surface area contributed by atoms with Gasteiger partial charge in [-0.2, -0.15) is 0 Å². The van der Waals surface area contributed by atoms with Crippen molar-refractivity contribution in [1.82, 2.24) is 9.97 Å². The molecule has 6 rings (SSSR count). The molecule has 2 aromatic heterocycles. The lowest BCUT2D eigenvalue weighted by Crippen LogP contribution is -2.18. The molecule has 0 bridgehead atoms. The molecule has 0 spiro atoms. The van der Waals surface area contributed by atoms with Gasteiger partial charge >= 0.3 is 12.3 Å². The Morgan fingerprint density at radius 2 is 1.93 bits per heavy atom. The second-order valence-electron chi connectivity index (χ2n) is 9.79. The first-order chi connectivity index (χ1) is 20.1. The van der Waals surface area contributed by atoms with E-state index in [4.69, 9.17) is 9.47 Å². The summed E-state index contributed by atoms with van der Waals surface area (Å²) in [6.45, 7) is 1.96. The van der Waals surface area contributed by atoms with Gasteiger partial charge in [0.15, 0.2) is 6.10 Å². The summed E-state index contributed by atoms with van der Waals surface area (Å²) in [6.07, 6.45) is -4.31. The number of aryl methyl sites for hydroxylation is 1. The van der Waals surface area contributed by atoms with E-state index in [0.717, 1.165) is 10.9 Å². The van der Waals surface area contributed by atoms with E-state index in [-0.39, 0.29) is 29.4 Å². The molecule has 1 unspecified atom stereocenters. The molecule has 0 amide bonds. The van der Waals surface area contributed by atoms with E-state index in [1.165, 1.54) is 24.3 Å². The van der Waals surface area contributed by atoms with Crippen LogP contribution in [0.4, 0.5) is 13.2 Å². The average Bonchev–Trinajstić information content (AvgIpc) is 2.95. The Morgan fingerprint density at radius 1 is 1.12 bits per heavy atom. The highest BCUT2D eigenvalue weighted by molar-refractivity contribution is 6.08.